The quantitative estimate of drug-likeness (QED) is 0.871. The van der Waals surface area contributed by atoms with Gasteiger partial charge >= 0.3 is 0 Å². The first kappa shape index (κ1) is 14.9. The van der Waals surface area contributed by atoms with Crippen LogP contribution in [0.2, 0.25) is 0 Å². The highest BCUT2D eigenvalue weighted by Gasteiger charge is 2.38. The van der Waals surface area contributed by atoms with Gasteiger partial charge in [0.2, 0.25) is 0 Å². The highest BCUT2D eigenvalue weighted by atomic mass is 16.5. The second kappa shape index (κ2) is 6.37. The van der Waals surface area contributed by atoms with Crippen LogP contribution >= 0.6 is 0 Å². The third-order valence-electron chi connectivity index (χ3n) is 4.68. The lowest BCUT2D eigenvalue weighted by Crippen LogP contribution is -2.41. The maximum Gasteiger partial charge on any atom is 0.119 e. The number of rotatable bonds is 6. The van der Waals surface area contributed by atoms with Crippen LogP contribution in [0.4, 0.5) is 0 Å². The Morgan fingerprint density at radius 3 is 2.67 bits per heavy atom. The lowest BCUT2D eigenvalue weighted by molar-refractivity contribution is 0.244. The van der Waals surface area contributed by atoms with E-state index in [1.165, 1.54) is 31.4 Å². The number of hydrogen-bond acceptors (Lipinski definition) is 3. The van der Waals surface area contributed by atoms with Crippen molar-refractivity contribution in [3.05, 3.63) is 29.8 Å². The number of ether oxygens (including phenoxy) is 1. The van der Waals surface area contributed by atoms with Gasteiger partial charge in [-0.15, -0.1) is 0 Å². The first-order valence-corrected chi connectivity index (χ1v) is 8.33. The zero-order valence-electron chi connectivity index (χ0n) is 13.5. The van der Waals surface area contributed by atoms with E-state index in [1.807, 2.05) is 0 Å². The second-order valence-corrected chi connectivity index (χ2v) is 6.90. The molecule has 0 aromatic heterocycles. The summed E-state index contributed by atoms with van der Waals surface area (Å²) >= 11 is 0. The summed E-state index contributed by atoms with van der Waals surface area (Å²) in [6, 6.07) is 10.9. The fourth-order valence-electron chi connectivity index (χ4n) is 3.40. The van der Waals surface area contributed by atoms with Gasteiger partial charge in [-0.2, -0.15) is 0 Å². The largest absolute Gasteiger partial charge is 0.492 e. The fourth-order valence-corrected chi connectivity index (χ4v) is 3.40. The summed E-state index contributed by atoms with van der Waals surface area (Å²) in [6.07, 6.45) is 4.08. The molecule has 0 amide bonds. The topological polar surface area (TPSA) is 24.5 Å². The highest BCUT2D eigenvalue weighted by Crippen LogP contribution is 2.33. The molecule has 0 spiro atoms. The van der Waals surface area contributed by atoms with E-state index >= 15 is 0 Å². The number of nitrogens with one attached hydrogen (secondary N) is 1. The first-order valence-electron chi connectivity index (χ1n) is 8.33. The third-order valence-corrected chi connectivity index (χ3v) is 4.68. The predicted octanol–water partition coefficient (Wildman–Crippen LogP) is 2.98. The normalized spacial score (nSPS) is 27.8. The van der Waals surface area contributed by atoms with E-state index in [4.69, 9.17) is 4.74 Å². The Balaban J connectivity index is 1.42. The van der Waals surface area contributed by atoms with Crippen molar-refractivity contribution in [2.75, 3.05) is 13.2 Å². The molecular weight excluding hydrogens is 260 g/mol. The Morgan fingerprint density at radius 1 is 1.29 bits per heavy atom. The van der Waals surface area contributed by atoms with E-state index in [2.05, 4.69) is 55.3 Å². The van der Waals surface area contributed by atoms with Gasteiger partial charge in [-0.3, -0.25) is 4.90 Å². The van der Waals surface area contributed by atoms with Gasteiger partial charge in [0.1, 0.15) is 12.4 Å². The predicted molar refractivity (Wildman–Crippen MR) is 86.9 cm³/mol. The molecule has 3 nitrogen and oxygen atoms in total. The van der Waals surface area contributed by atoms with Crippen molar-refractivity contribution in [3.63, 3.8) is 0 Å². The van der Waals surface area contributed by atoms with Crippen LogP contribution in [-0.4, -0.2) is 42.2 Å². The molecule has 1 saturated carbocycles. The number of benzene rings is 1. The first-order chi connectivity index (χ1) is 10.1. The van der Waals surface area contributed by atoms with Gasteiger partial charge in [-0.05, 0) is 52.2 Å². The molecule has 1 aromatic rings. The van der Waals surface area contributed by atoms with E-state index in [0.717, 1.165) is 24.4 Å². The molecular formula is C18H28N2O. The van der Waals surface area contributed by atoms with Crippen LogP contribution < -0.4 is 10.1 Å². The number of likely N-dealkylation sites (tertiary alicyclic amines) is 1. The van der Waals surface area contributed by atoms with Crippen molar-refractivity contribution in [2.24, 2.45) is 0 Å². The van der Waals surface area contributed by atoms with Gasteiger partial charge < -0.3 is 10.1 Å². The minimum Gasteiger partial charge on any atom is -0.492 e. The highest BCUT2D eigenvalue weighted by molar-refractivity contribution is 5.26. The van der Waals surface area contributed by atoms with Crippen molar-refractivity contribution in [1.82, 2.24) is 10.2 Å². The van der Waals surface area contributed by atoms with Crippen LogP contribution in [0.5, 0.6) is 5.75 Å². The zero-order chi connectivity index (χ0) is 14.8. The van der Waals surface area contributed by atoms with E-state index in [1.54, 1.807) is 0 Å². The molecule has 1 aromatic carbocycles. The van der Waals surface area contributed by atoms with Gasteiger partial charge in [-0.25, -0.2) is 0 Å². The van der Waals surface area contributed by atoms with Crippen LogP contribution in [-0.2, 0) is 0 Å². The summed E-state index contributed by atoms with van der Waals surface area (Å²) < 4.78 is 5.87. The second-order valence-electron chi connectivity index (χ2n) is 6.90. The van der Waals surface area contributed by atoms with Crippen molar-refractivity contribution in [2.45, 2.75) is 64.2 Å². The molecule has 2 aliphatic rings. The molecule has 3 atom stereocenters. The lowest BCUT2D eigenvalue weighted by Gasteiger charge is -2.21. The van der Waals surface area contributed by atoms with E-state index in [0.29, 0.717) is 12.1 Å². The van der Waals surface area contributed by atoms with E-state index in [9.17, 15) is 0 Å². The summed E-state index contributed by atoms with van der Waals surface area (Å²) in [4.78, 5) is 2.69. The SMILES string of the molecule is Cc1ccc(OCC(C)NC2CC(C)N(C3CC3)C2)cc1. The minimum absolute atomic E-state index is 0.391. The summed E-state index contributed by atoms with van der Waals surface area (Å²) in [5.41, 5.74) is 1.27. The van der Waals surface area contributed by atoms with Crippen LogP contribution in [0.15, 0.2) is 24.3 Å². The Morgan fingerprint density at radius 2 is 2.00 bits per heavy atom. The molecule has 1 N–H and O–H groups in total. The van der Waals surface area contributed by atoms with Crippen molar-refractivity contribution in [3.8, 4) is 5.75 Å². The van der Waals surface area contributed by atoms with Crippen LogP contribution in [0.25, 0.3) is 0 Å². The molecule has 0 radical (unpaired) electrons. The summed E-state index contributed by atoms with van der Waals surface area (Å²) in [5, 5.41) is 3.74. The smallest absolute Gasteiger partial charge is 0.119 e. The number of nitrogens with zero attached hydrogens (tertiary/aromatic N) is 1. The molecule has 21 heavy (non-hydrogen) atoms. The van der Waals surface area contributed by atoms with Gasteiger partial charge in [0, 0.05) is 30.7 Å². The summed E-state index contributed by atoms with van der Waals surface area (Å²) in [5.74, 6) is 0.966. The van der Waals surface area contributed by atoms with Crippen LogP contribution in [0.1, 0.15) is 38.7 Å². The maximum absolute atomic E-state index is 5.87. The monoisotopic (exact) mass is 288 g/mol. The maximum atomic E-state index is 5.87. The molecule has 2 fully saturated rings. The molecule has 3 unspecified atom stereocenters. The standard InChI is InChI=1S/C18H28N2O/c1-13-4-8-18(9-5-13)21-12-14(2)19-16-10-15(3)20(11-16)17-6-7-17/h4-5,8-9,14-17,19H,6-7,10-12H2,1-3H3. The Bertz CT molecular complexity index is 455. The molecule has 1 saturated heterocycles. The Labute approximate surface area is 128 Å². The molecule has 0 bridgehead atoms. The molecule has 3 heteroatoms. The molecule has 3 rings (SSSR count). The lowest BCUT2D eigenvalue weighted by atomic mass is 10.1. The Hall–Kier alpha value is -1.06. The van der Waals surface area contributed by atoms with Gasteiger partial charge in [0.05, 0.1) is 0 Å². The summed E-state index contributed by atoms with van der Waals surface area (Å²) in [7, 11) is 0. The van der Waals surface area contributed by atoms with E-state index < -0.39 is 0 Å². The van der Waals surface area contributed by atoms with Crippen LogP contribution in [0, 0.1) is 6.92 Å². The molecule has 116 valence electrons. The van der Waals surface area contributed by atoms with Crippen molar-refractivity contribution in [1.29, 1.82) is 0 Å². The fraction of sp³-hybridized carbons (Fsp3) is 0.667. The number of aryl methyl sites for hydroxylation is 1. The Kier molecular flexibility index (Phi) is 4.51. The summed E-state index contributed by atoms with van der Waals surface area (Å²) in [6.45, 7) is 8.63. The third kappa shape index (κ3) is 3.98. The van der Waals surface area contributed by atoms with E-state index in [-0.39, 0.29) is 0 Å². The average molecular weight is 288 g/mol. The van der Waals surface area contributed by atoms with Crippen LogP contribution in [0.3, 0.4) is 0 Å². The van der Waals surface area contributed by atoms with Crippen molar-refractivity contribution >= 4 is 0 Å². The van der Waals surface area contributed by atoms with Gasteiger partial charge in [-0.1, -0.05) is 17.7 Å². The van der Waals surface area contributed by atoms with Gasteiger partial charge in [0.25, 0.3) is 0 Å². The molecule has 1 aliphatic heterocycles. The zero-order valence-corrected chi connectivity index (χ0v) is 13.5. The number of hydrogen-bond donors (Lipinski definition) is 1. The molecule has 1 aliphatic carbocycles. The average Bonchev–Trinajstić information content (AvgIpc) is 3.23. The van der Waals surface area contributed by atoms with Gasteiger partial charge in [0.15, 0.2) is 0 Å². The molecule has 1 heterocycles. The van der Waals surface area contributed by atoms with Crippen molar-refractivity contribution < 1.29 is 4.74 Å². The minimum atomic E-state index is 0.391.